The predicted molar refractivity (Wildman–Crippen MR) is 145 cm³/mol. The van der Waals surface area contributed by atoms with Crippen LogP contribution in [0.2, 0.25) is 0 Å². The minimum absolute atomic E-state index is 0.0787. The quantitative estimate of drug-likeness (QED) is 0.0875. The average Bonchev–Trinajstić information content (AvgIpc) is 2.79. The molecule has 1 aromatic carbocycles. The van der Waals surface area contributed by atoms with E-state index in [4.69, 9.17) is 13.8 Å². The van der Waals surface area contributed by atoms with Crippen LogP contribution in [0, 0.1) is 0 Å². The van der Waals surface area contributed by atoms with Gasteiger partial charge in [0.25, 0.3) is 0 Å². The molecule has 0 radical (unpaired) electrons. The van der Waals surface area contributed by atoms with Gasteiger partial charge < -0.3 is 24.0 Å². The van der Waals surface area contributed by atoms with Gasteiger partial charge in [-0.1, -0.05) is 53.9 Å². The van der Waals surface area contributed by atoms with Crippen LogP contribution in [0.25, 0.3) is 0 Å². The molecule has 1 aromatic rings. The Labute approximate surface area is 218 Å². The number of benzene rings is 1. The van der Waals surface area contributed by atoms with Crippen LogP contribution in [-0.4, -0.2) is 42.2 Å². The van der Waals surface area contributed by atoms with Gasteiger partial charge in [-0.15, -0.1) is 0 Å². The lowest BCUT2D eigenvalue weighted by Gasteiger charge is -2.31. The normalized spacial score (nSPS) is 12.6. The molecule has 8 heteroatoms. The van der Waals surface area contributed by atoms with E-state index < -0.39 is 18.4 Å². The monoisotopic (exact) mass is 528 g/mol. The van der Waals surface area contributed by atoms with Gasteiger partial charge in [0, 0.05) is 17.5 Å². The lowest BCUT2D eigenvalue weighted by molar-refractivity contribution is -0.143. The molecule has 0 saturated heterocycles. The summed E-state index contributed by atoms with van der Waals surface area (Å²) in [4.78, 5) is 12.0. The zero-order chi connectivity index (χ0) is 27.4. The van der Waals surface area contributed by atoms with Crippen molar-refractivity contribution in [2.75, 3.05) is 26.0 Å². The Hall–Kier alpha value is -1.56. The number of phenolic OH excluding ortho intramolecular Hbond substituents is 2. The first-order chi connectivity index (χ1) is 16.8. The molecule has 36 heavy (non-hydrogen) atoms. The summed E-state index contributed by atoms with van der Waals surface area (Å²) in [7, 11) is -3.21. The van der Waals surface area contributed by atoms with Crippen LogP contribution < -0.4 is 0 Å². The SMILES string of the molecule is CCCCCCOC(=O)CCCC(C)(C)c1cc(O)c(C(C)(C)CCP(=O)(OCC)OCC)cc1O. The molecule has 0 atom stereocenters. The van der Waals surface area contributed by atoms with Crippen LogP contribution in [0.4, 0.5) is 0 Å². The zero-order valence-electron chi connectivity index (χ0n) is 23.5. The molecular weight excluding hydrogens is 479 g/mol. The Morgan fingerprint density at radius 2 is 1.36 bits per heavy atom. The van der Waals surface area contributed by atoms with E-state index in [0.29, 0.717) is 56.6 Å². The minimum Gasteiger partial charge on any atom is -0.508 e. The van der Waals surface area contributed by atoms with E-state index in [1.54, 1.807) is 26.0 Å². The summed E-state index contributed by atoms with van der Waals surface area (Å²) in [5.41, 5.74) is 0.174. The van der Waals surface area contributed by atoms with Crippen molar-refractivity contribution in [1.29, 1.82) is 0 Å². The van der Waals surface area contributed by atoms with Crippen molar-refractivity contribution in [2.24, 2.45) is 0 Å². The molecule has 0 bridgehead atoms. The molecule has 2 N–H and O–H groups in total. The number of carbonyl (C=O) groups is 1. The standard InChI is InChI=1S/C28H49O7P/c1-8-11-12-13-18-33-26(31)15-14-16-27(4,5)22-20-25(30)23(21-24(22)29)28(6,7)17-19-36(32,34-9-2)35-10-3/h20-21,29-30H,8-19H2,1-7H3. The molecule has 7 nitrogen and oxygen atoms in total. The van der Waals surface area contributed by atoms with E-state index in [2.05, 4.69) is 6.92 Å². The first-order valence-corrected chi connectivity index (χ1v) is 15.2. The number of esters is 1. The van der Waals surface area contributed by atoms with E-state index in [9.17, 15) is 19.6 Å². The smallest absolute Gasteiger partial charge is 0.330 e. The van der Waals surface area contributed by atoms with Crippen molar-refractivity contribution in [3.8, 4) is 11.5 Å². The number of phenols is 2. The van der Waals surface area contributed by atoms with E-state index in [0.717, 1.165) is 25.7 Å². The van der Waals surface area contributed by atoms with Gasteiger partial charge in [0.05, 0.1) is 26.0 Å². The van der Waals surface area contributed by atoms with Gasteiger partial charge in [0.1, 0.15) is 11.5 Å². The number of hydrogen-bond acceptors (Lipinski definition) is 7. The molecule has 0 heterocycles. The maximum atomic E-state index is 12.9. The molecule has 0 fully saturated rings. The summed E-state index contributed by atoms with van der Waals surface area (Å²) < 4.78 is 29.0. The van der Waals surface area contributed by atoms with Crippen LogP contribution in [0.3, 0.4) is 0 Å². The largest absolute Gasteiger partial charge is 0.508 e. The van der Waals surface area contributed by atoms with Crippen molar-refractivity contribution in [1.82, 2.24) is 0 Å². The molecule has 1 rings (SSSR count). The second kappa shape index (κ2) is 15.0. The topological polar surface area (TPSA) is 102 Å². The maximum absolute atomic E-state index is 12.9. The Balaban J connectivity index is 2.83. The summed E-state index contributed by atoms with van der Waals surface area (Å²) in [6, 6.07) is 3.21. The van der Waals surface area contributed by atoms with E-state index in [1.165, 1.54) is 0 Å². The zero-order valence-corrected chi connectivity index (χ0v) is 24.4. The number of unbranched alkanes of at least 4 members (excludes halogenated alkanes) is 3. The number of carbonyl (C=O) groups excluding carboxylic acids is 1. The van der Waals surface area contributed by atoms with Crippen molar-refractivity contribution < 1.29 is 33.4 Å². The van der Waals surface area contributed by atoms with Gasteiger partial charge in [-0.2, -0.15) is 0 Å². The van der Waals surface area contributed by atoms with Gasteiger partial charge in [0.15, 0.2) is 0 Å². The lowest BCUT2D eigenvalue weighted by Crippen LogP contribution is -2.22. The Bertz CT molecular complexity index is 854. The molecule has 208 valence electrons. The number of hydrogen-bond donors (Lipinski definition) is 2. The van der Waals surface area contributed by atoms with Gasteiger partial charge in [-0.05, 0) is 62.5 Å². The third kappa shape index (κ3) is 10.4. The van der Waals surface area contributed by atoms with Crippen molar-refractivity contribution in [3.05, 3.63) is 23.3 Å². The van der Waals surface area contributed by atoms with Crippen LogP contribution in [0.1, 0.15) is 111 Å². The Kier molecular flexibility index (Phi) is 13.5. The molecule has 0 amide bonds. The molecule has 0 aliphatic rings. The summed E-state index contributed by atoms with van der Waals surface area (Å²) >= 11 is 0. The Morgan fingerprint density at radius 1 is 0.833 bits per heavy atom. The highest BCUT2D eigenvalue weighted by Gasteiger charge is 2.33. The van der Waals surface area contributed by atoms with Crippen molar-refractivity contribution in [3.63, 3.8) is 0 Å². The molecule has 0 unspecified atom stereocenters. The fourth-order valence-corrected chi connectivity index (χ4v) is 6.32. The van der Waals surface area contributed by atoms with Gasteiger partial charge in [-0.3, -0.25) is 9.36 Å². The summed E-state index contributed by atoms with van der Waals surface area (Å²) in [5, 5.41) is 21.8. The number of ether oxygens (including phenoxy) is 1. The van der Waals surface area contributed by atoms with E-state index >= 15 is 0 Å². The van der Waals surface area contributed by atoms with Crippen LogP contribution >= 0.6 is 7.60 Å². The number of aromatic hydroxyl groups is 2. The molecule has 0 spiro atoms. The molecule has 0 aliphatic carbocycles. The van der Waals surface area contributed by atoms with Crippen LogP contribution in [-0.2, 0) is 34.0 Å². The average molecular weight is 529 g/mol. The highest BCUT2D eigenvalue weighted by molar-refractivity contribution is 7.53. The minimum atomic E-state index is -3.21. The van der Waals surface area contributed by atoms with E-state index in [-0.39, 0.29) is 23.6 Å². The summed E-state index contributed by atoms with van der Waals surface area (Å²) in [6.07, 6.45) is 6.53. The fraction of sp³-hybridized carbons (Fsp3) is 0.750. The summed E-state index contributed by atoms with van der Waals surface area (Å²) in [5.74, 6) is -0.0185. The molecule has 0 aromatic heterocycles. The summed E-state index contributed by atoms with van der Waals surface area (Å²) in [6.45, 7) is 14.6. The van der Waals surface area contributed by atoms with Gasteiger partial charge in [-0.25, -0.2) is 0 Å². The van der Waals surface area contributed by atoms with Crippen molar-refractivity contribution >= 4 is 13.6 Å². The highest BCUT2D eigenvalue weighted by atomic mass is 31.2. The predicted octanol–water partition coefficient (Wildman–Crippen LogP) is 7.60. The second-order valence-electron chi connectivity index (χ2n) is 10.7. The first-order valence-electron chi connectivity index (χ1n) is 13.4. The molecular formula is C28H49O7P. The fourth-order valence-electron chi connectivity index (χ4n) is 4.37. The Morgan fingerprint density at radius 3 is 1.86 bits per heavy atom. The third-order valence-electron chi connectivity index (χ3n) is 6.68. The molecule has 0 saturated carbocycles. The van der Waals surface area contributed by atoms with Gasteiger partial charge >= 0.3 is 13.6 Å². The third-order valence-corrected chi connectivity index (χ3v) is 8.75. The van der Waals surface area contributed by atoms with Crippen LogP contribution in [0.15, 0.2) is 12.1 Å². The number of rotatable bonds is 18. The lowest BCUT2D eigenvalue weighted by atomic mass is 9.76. The van der Waals surface area contributed by atoms with E-state index in [1.807, 2.05) is 27.7 Å². The van der Waals surface area contributed by atoms with Crippen LogP contribution in [0.5, 0.6) is 11.5 Å². The maximum Gasteiger partial charge on any atom is 0.330 e. The van der Waals surface area contributed by atoms with Crippen molar-refractivity contribution in [2.45, 2.75) is 111 Å². The first kappa shape index (κ1) is 32.5. The highest BCUT2D eigenvalue weighted by Crippen LogP contribution is 2.51. The van der Waals surface area contributed by atoms with Gasteiger partial charge in [0.2, 0.25) is 0 Å². The molecule has 0 aliphatic heterocycles. The second-order valence-corrected chi connectivity index (χ2v) is 12.9.